The molecule has 2 fully saturated rings. The third-order valence-electron chi connectivity index (χ3n) is 6.20. The van der Waals surface area contributed by atoms with E-state index in [9.17, 15) is 0 Å². The molecule has 1 heterocycles. The van der Waals surface area contributed by atoms with Gasteiger partial charge in [0.25, 0.3) is 0 Å². The Kier molecular flexibility index (Phi) is 4.94. The number of likely N-dealkylation sites (tertiary alicyclic amines) is 1. The van der Waals surface area contributed by atoms with Crippen LogP contribution in [0.1, 0.15) is 66.2 Å². The highest BCUT2D eigenvalue weighted by atomic mass is 15.2. The lowest BCUT2D eigenvalue weighted by atomic mass is 9.71. The van der Waals surface area contributed by atoms with Crippen molar-refractivity contribution < 1.29 is 0 Å². The first-order chi connectivity index (χ1) is 9.02. The fourth-order valence-corrected chi connectivity index (χ4v) is 4.57. The summed E-state index contributed by atoms with van der Waals surface area (Å²) in [5.74, 6) is 2.60. The molecule has 2 heteroatoms. The third kappa shape index (κ3) is 3.00. The highest BCUT2D eigenvalue weighted by Gasteiger charge is 2.44. The molecule has 3 atom stereocenters. The Balaban J connectivity index is 2.12. The number of rotatable bonds is 3. The van der Waals surface area contributed by atoms with Gasteiger partial charge in [-0.3, -0.25) is 4.90 Å². The van der Waals surface area contributed by atoms with Crippen LogP contribution < -0.4 is 5.73 Å². The van der Waals surface area contributed by atoms with Gasteiger partial charge in [-0.25, -0.2) is 0 Å². The Morgan fingerprint density at radius 1 is 1.16 bits per heavy atom. The number of hydrogen-bond donors (Lipinski definition) is 1. The fourth-order valence-electron chi connectivity index (χ4n) is 4.57. The molecule has 19 heavy (non-hydrogen) atoms. The van der Waals surface area contributed by atoms with Crippen molar-refractivity contribution >= 4 is 0 Å². The van der Waals surface area contributed by atoms with Gasteiger partial charge in [0.2, 0.25) is 0 Å². The smallest absolute Gasteiger partial charge is 0.0334 e. The fraction of sp³-hybridized carbons (Fsp3) is 1.00. The normalized spacial score (nSPS) is 45.3. The Bertz CT molecular complexity index is 281. The summed E-state index contributed by atoms with van der Waals surface area (Å²) in [6.45, 7) is 11.7. The van der Waals surface area contributed by atoms with E-state index in [4.69, 9.17) is 5.73 Å². The lowest BCUT2D eigenvalue weighted by Gasteiger charge is -2.54. The van der Waals surface area contributed by atoms with E-state index < -0.39 is 0 Å². The molecule has 1 aliphatic heterocycles. The van der Waals surface area contributed by atoms with Gasteiger partial charge in [0, 0.05) is 24.7 Å². The van der Waals surface area contributed by atoms with Crippen LogP contribution >= 0.6 is 0 Å². The van der Waals surface area contributed by atoms with E-state index >= 15 is 0 Å². The molecule has 0 amide bonds. The molecule has 2 nitrogen and oxygen atoms in total. The first kappa shape index (κ1) is 15.3. The second-order valence-corrected chi connectivity index (χ2v) is 7.49. The maximum absolute atomic E-state index is 6.27. The Labute approximate surface area is 120 Å². The van der Waals surface area contributed by atoms with Gasteiger partial charge in [0.05, 0.1) is 0 Å². The van der Waals surface area contributed by atoms with Crippen molar-refractivity contribution in [3.63, 3.8) is 0 Å². The van der Waals surface area contributed by atoms with Gasteiger partial charge in [-0.05, 0) is 56.8 Å². The van der Waals surface area contributed by atoms with Crippen LogP contribution in [0, 0.1) is 17.8 Å². The molecule has 0 aromatic heterocycles. The number of nitrogens with zero attached hydrogens (tertiary/aromatic N) is 1. The summed E-state index contributed by atoms with van der Waals surface area (Å²) >= 11 is 0. The minimum Gasteiger partial charge on any atom is -0.329 e. The number of nitrogens with two attached hydrogens (primary N) is 1. The second-order valence-electron chi connectivity index (χ2n) is 7.49. The molecule has 112 valence electrons. The molecule has 2 aliphatic rings. The van der Waals surface area contributed by atoms with Gasteiger partial charge in [-0.1, -0.05) is 27.2 Å². The summed E-state index contributed by atoms with van der Waals surface area (Å²) in [6, 6.07) is 0.706. The van der Waals surface area contributed by atoms with Gasteiger partial charge >= 0.3 is 0 Å². The molecule has 1 saturated heterocycles. The molecule has 0 spiro atoms. The Morgan fingerprint density at radius 2 is 1.79 bits per heavy atom. The van der Waals surface area contributed by atoms with Gasteiger partial charge in [-0.15, -0.1) is 0 Å². The van der Waals surface area contributed by atoms with Crippen LogP contribution in [0.3, 0.4) is 0 Å². The Morgan fingerprint density at radius 3 is 2.32 bits per heavy atom. The molecule has 0 radical (unpaired) electrons. The minimum absolute atomic E-state index is 0.314. The highest BCUT2D eigenvalue weighted by molar-refractivity contribution is 5.00. The van der Waals surface area contributed by atoms with Crippen molar-refractivity contribution in [1.29, 1.82) is 0 Å². The van der Waals surface area contributed by atoms with Gasteiger partial charge in [0.15, 0.2) is 0 Å². The standard InChI is InChI=1S/C17H34N2/c1-5-16-6-8-17(12-18,9-7-16)19-11-13(2)10-14(3)15(19)4/h13-16H,5-12,18H2,1-4H3. The topological polar surface area (TPSA) is 29.3 Å². The van der Waals surface area contributed by atoms with Crippen molar-refractivity contribution in [2.45, 2.75) is 77.8 Å². The van der Waals surface area contributed by atoms with Gasteiger partial charge in [0.1, 0.15) is 0 Å². The predicted molar refractivity (Wildman–Crippen MR) is 83.1 cm³/mol. The summed E-state index contributed by atoms with van der Waals surface area (Å²) in [5.41, 5.74) is 6.58. The number of piperidine rings is 1. The predicted octanol–water partition coefficient (Wildman–Crippen LogP) is 3.65. The summed E-state index contributed by atoms with van der Waals surface area (Å²) < 4.78 is 0. The minimum atomic E-state index is 0.314. The maximum atomic E-state index is 6.27. The van der Waals surface area contributed by atoms with E-state index in [1.807, 2.05) is 0 Å². The summed E-state index contributed by atoms with van der Waals surface area (Å²) in [7, 11) is 0. The lowest BCUT2D eigenvalue weighted by molar-refractivity contribution is -0.0417. The van der Waals surface area contributed by atoms with E-state index in [1.165, 1.54) is 45.1 Å². The first-order valence-electron chi connectivity index (χ1n) is 8.49. The van der Waals surface area contributed by atoms with Crippen molar-refractivity contribution in [2.75, 3.05) is 13.1 Å². The van der Waals surface area contributed by atoms with Gasteiger partial charge in [-0.2, -0.15) is 0 Å². The largest absolute Gasteiger partial charge is 0.329 e. The van der Waals surface area contributed by atoms with E-state index in [1.54, 1.807) is 0 Å². The molecule has 1 aliphatic carbocycles. The highest BCUT2D eigenvalue weighted by Crippen LogP contribution is 2.41. The molecular formula is C17H34N2. The van der Waals surface area contributed by atoms with Crippen molar-refractivity contribution in [3.8, 4) is 0 Å². The van der Waals surface area contributed by atoms with E-state index in [0.717, 1.165) is 24.3 Å². The maximum Gasteiger partial charge on any atom is 0.0334 e. The molecule has 0 aromatic rings. The van der Waals surface area contributed by atoms with Gasteiger partial charge < -0.3 is 5.73 Å². The van der Waals surface area contributed by atoms with E-state index in [-0.39, 0.29) is 0 Å². The van der Waals surface area contributed by atoms with E-state index in [0.29, 0.717) is 11.6 Å². The van der Waals surface area contributed by atoms with Crippen LogP contribution in [0.25, 0.3) is 0 Å². The van der Waals surface area contributed by atoms with E-state index in [2.05, 4.69) is 32.6 Å². The first-order valence-corrected chi connectivity index (χ1v) is 8.49. The summed E-state index contributed by atoms with van der Waals surface area (Å²) in [6.07, 6.45) is 8.16. The molecule has 0 aromatic carbocycles. The zero-order valence-corrected chi connectivity index (χ0v) is 13.5. The van der Waals surface area contributed by atoms with Crippen molar-refractivity contribution in [1.82, 2.24) is 4.90 Å². The van der Waals surface area contributed by atoms with Crippen LogP contribution in [0.2, 0.25) is 0 Å². The average Bonchev–Trinajstić information content (AvgIpc) is 2.43. The van der Waals surface area contributed by atoms with Crippen molar-refractivity contribution in [3.05, 3.63) is 0 Å². The molecule has 0 bridgehead atoms. The molecule has 2 N–H and O–H groups in total. The molecule has 2 rings (SSSR count). The van der Waals surface area contributed by atoms with Crippen LogP contribution in [0.5, 0.6) is 0 Å². The Hall–Kier alpha value is -0.0800. The summed E-state index contributed by atoms with van der Waals surface area (Å²) in [4.78, 5) is 2.80. The molecule has 1 saturated carbocycles. The van der Waals surface area contributed by atoms with Crippen molar-refractivity contribution in [2.24, 2.45) is 23.5 Å². The summed E-state index contributed by atoms with van der Waals surface area (Å²) in [5, 5.41) is 0. The van der Waals surface area contributed by atoms with Crippen LogP contribution in [0.4, 0.5) is 0 Å². The molecular weight excluding hydrogens is 232 g/mol. The quantitative estimate of drug-likeness (QED) is 0.845. The zero-order valence-electron chi connectivity index (χ0n) is 13.5. The molecule has 3 unspecified atom stereocenters. The third-order valence-corrected chi connectivity index (χ3v) is 6.20. The van der Waals surface area contributed by atoms with Crippen LogP contribution in [-0.2, 0) is 0 Å². The van der Waals surface area contributed by atoms with Crippen LogP contribution in [-0.4, -0.2) is 29.6 Å². The zero-order chi connectivity index (χ0) is 14.0. The van der Waals surface area contributed by atoms with Crippen LogP contribution in [0.15, 0.2) is 0 Å². The SMILES string of the molecule is CCC1CCC(CN)(N2CC(C)CC(C)C2C)CC1. The lowest BCUT2D eigenvalue weighted by Crippen LogP contribution is -2.62. The average molecular weight is 266 g/mol. The second kappa shape index (κ2) is 6.13. The monoisotopic (exact) mass is 266 g/mol. The number of hydrogen-bond acceptors (Lipinski definition) is 2.